The van der Waals surface area contributed by atoms with Crippen LogP contribution in [0.15, 0.2) is 71.8 Å². The number of ether oxygens (including phenoxy) is 2. The molecule has 0 spiro atoms. The Morgan fingerprint density at radius 3 is 2.53 bits per heavy atom. The Balaban J connectivity index is 1.35. The van der Waals surface area contributed by atoms with Gasteiger partial charge in [0, 0.05) is 29.0 Å². The lowest BCUT2D eigenvalue weighted by Gasteiger charge is -2.22. The standard InChI is InChI=1S/C34H36N6O4S/c1-20(2)34-38-31(32-33(35)37-19-28(40(32)34)21-8-10-22(36-3)11-9-21)26-13-14-27(25-7-5-4-6-24(25)26)39-45(41,42)23-12-15-29-30(18-23)44-17-16-43-29/h4-8,12-15,18-20,22,36,39H,9-11,16-17H2,1-3H3,(H2,35,37). The summed E-state index contributed by atoms with van der Waals surface area (Å²) in [6.07, 6.45) is 7.07. The molecule has 0 radical (unpaired) electrons. The van der Waals surface area contributed by atoms with Crippen LogP contribution in [0.1, 0.15) is 50.5 Å². The molecule has 232 valence electrons. The number of hydrogen-bond donors (Lipinski definition) is 3. The lowest BCUT2D eigenvalue weighted by atomic mass is 9.93. The van der Waals surface area contributed by atoms with E-state index in [1.165, 1.54) is 17.7 Å². The Morgan fingerprint density at radius 1 is 1.02 bits per heavy atom. The summed E-state index contributed by atoms with van der Waals surface area (Å²) in [5.74, 6) is 2.35. The van der Waals surface area contributed by atoms with Gasteiger partial charge in [0.1, 0.15) is 36.1 Å². The quantitative estimate of drug-likeness (QED) is 0.201. The summed E-state index contributed by atoms with van der Waals surface area (Å²) in [4.78, 5) is 9.92. The van der Waals surface area contributed by atoms with Crippen LogP contribution in [-0.2, 0) is 10.0 Å². The van der Waals surface area contributed by atoms with Crippen molar-refractivity contribution in [3.05, 3.63) is 78.4 Å². The molecule has 3 aromatic carbocycles. The number of nitrogens with one attached hydrogen (secondary N) is 2. The van der Waals surface area contributed by atoms with E-state index in [0.29, 0.717) is 48.0 Å². The van der Waals surface area contributed by atoms with E-state index in [4.69, 9.17) is 20.2 Å². The van der Waals surface area contributed by atoms with Crippen LogP contribution in [-0.4, -0.2) is 49.1 Å². The highest BCUT2D eigenvalue weighted by Gasteiger charge is 2.26. The van der Waals surface area contributed by atoms with Gasteiger partial charge >= 0.3 is 0 Å². The van der Waals surface area contributed by atoms with Crippen molar-refractivity contribution in [1.29, 1.82) is 0 Å². The summed E-state index contributed by atoms with van der Waals surface area (Å²) in [5, 5.41) is 4.96. The van der Waals surface area contributed by atoms with Gasteiger partial charge in [0.15, 0.2) is 11.5 Å². The number of benzene rings is 3. The molecule has 2 aromatic heterocycles. The Labute approximate surface area is 262 Å². The number of hydrogen-bond acceptors (Lipinski definition) is 8. The summed E-state index contributed by atoms with van der Waals surface area (Å²) in [7, 11) is -1.93. The lowest BCUT2D eigenvalue weighted by molar-refractivity contribution is 0.171. The van der Waals surface area contributed by atoms with Gasteiger partial charge in [0.25, 0.3) is 10.0 Å². The first-order chi connectivity index (χ1) is 21.7. The molecule has 0 fully saturated rings. The second-order valence-corrected chi connectivity index (χ2v) is 13.5. The van der Waals surface area contributed by atoms with Crippen LogP contribution in [0.4, 0.5) is 11.5 Å². The molecule has 2 aliphatic rings. The van der Waals surface area contributed by atoms with Crippen molar-refractivity contribution >= 4 is 43.4 Å². The number of allylic oxidation sites excluding steroid dienone is 1. The zero-order chi connectivity index (χ0) is 31.3. The van der Waals surface area contributed by atoms with Gasteiger partial charge in [-0.3, -0.25) is 9.12 Å². The van der Waals surface area contributed by atoms with Crippen LogP contribution in [0.25, 0.3) is 33.1 Å². The molecule has 1 atom stereocenters. The Bertz CT molecular complexity index is 2090. The smallest absolute Gasteiger partial charge is 0.262 e. The first kappa shape index (κ1) is 29.1. The number of sulfonamides is 1. The molecule has 3 heterocycles. The van der Waals surface area contributed by atoms with Gasteiger partial charge in [0.2, 0.25) is 0 Å². The number of fused-ring (bicyclic) bond motifs is 3. The number of aromatic nitrogens is 3. The van der Waals surface area contributed by atoms with Crippen molar-refractivity contribution in [2.24, 2.45) is 0 Å². The SMILES string of the molecule is CNC1CC=C(c2cnc(N)c3c(-c4ccc(NS(=O)(=O)c5ccc6c(c5)OCCO6)c5ccccc45)nc(C(C)C)n23)CC1. The second-order valence-electron chi connectivity index (χ2n) is 11.8. The fourth-order valence-corrected chi connectivity index (χ4v) is 7.38. The molecule has 0 saturated carbocycles. The molecule has 7 rings (SSSR count). The van der Waals surface area contributed by atoms with Gasteiger partial charge in [-0.1, -0.05) is 44.2 Å². The average Bonchev–Trinajstić information content (AvgIpc) is 3.47. The Hall–Kier alpha value is -4.61. The van der Waals surface area contributed by atoms with Crippen LogP contribution in [0.3, 0.4) is 0 Å². The summed E-state index contributed by atoms with van der Waals surface area (Å²) in [6.45, 7) is 5.05. The van der Waals surface area contributed by atoms with Gasteiger partial charge in [-0.25, -0.2) is 18.4 Å². The minimum atomic E-state index is -3.93. The van der Waals surface area contributed by atoms with E-state index in [2.05, 4.69) is 39.3 Å². The van der Waals surface area contributed by atoms with Gasteiger partial charge < -0.3 is 20.5 Å². The van der Waals surface area contributed by atoms with Gasteiger partial charge in [0.05, 0.1) is 22.5 Å². The monoisotopic (exact) mass is 624 g/mol. The molecule has 1 unspecified atom stereocenters. The minimum Gasteiger partial charge on any atom is -0.486 e. The first-order valence-corrected chi connectivity index (χ1v) is 16.7. The van der Waals surface area contributed by atoms with Crippen LogP contribution in [0.2, 0.25) is 0 Å². The van der Waals surface area contributed by atoms with E-state index in [-0.39, 0.29) is 10.8 Å². The third kappa shape index (κ3) is 5.15. The van der Waals surface area contributed by atoms with E-state index >= 15 is 0 Å². The summed E-state index contributed by atoms with van der Waals surface area (Å²) in [6, 6.07) is 16.5. The molecule has 11 heteroatoms. The topological polar surface area (TPSA) is 133 Å². The third-order valence-electron chi connectivity index (χ3n) is 8.62. The Morgan fingerprint density at radius 2 is 1.80 bits per heavy atom. The molecular formula is C34H36N6O4S. The van der Waals surface area contributed by atoms with Crippen molar-refractivity contribution < 1.29 is 17.9 Å². The molecular weight excluding hydrogens is 588 g/mol. The van der Waals surface area contributed by atoms with E-state index in [1.807, 2.05) is 43.6 Å². The van der Waals surface area contributed by atoms with Crippen molar-refractivity contribution in [3.8, 4) is 22.8 Å². The van der Waals surface area contributed by atoms with E-state index in [0.717, 1.165) is 52.6 Å². The maximum absolute atomic E-state index is 13.6. The van der Waals surface area contributed by atoms with Crippen LogP contribution in [0, 0.1) is 0 Å². The van der Waals surface area contributed by atoms with E-state index in [1.54, 1.807) is 12.1 Å². The summed E-state index contributed by atoms with van der Waals surface area (Å²) < 4.78 is 43.3. The number of rotatable bonds is 7. The number of anilines is 2. The van der Waals surface area contributed by atoms with E-state index in [9.17, 15) is 8.42 Å². The molecule has 0 saturated heterocycles. The second kappa shape index (κ2) is 11.4. The summed E-state index contributed by atoms with van der Waals surface area (Å²) >= 11 is 0. The lowest BCUT2D eigenvalue weighted by Crippen LogP contribution is -2.26. The first-order valence-electron chi connectivity index (χ1n) is 15.2. The fourth-order valence-electron chi connectivity index (χ4n) is 6.29. The zero-order valence-corrected chi connectivity index (χ0v) is 26.3. The molecule has 4 N–H and O–H groups in total. The fraction of sp³-hybridized carbons (Fsp3) is 0.294. The highest BCUT2D eigenvalue weighted by molar-refractivity contribution is 7.92. The normalized spacial score (nSPS) is 16.7. The minimum absolute atomic E-state index is 0.0889. The van der Waals surface area contributed by atoms with Crippen molar-refractivity contribution in [2.75, 3.05) is 30.7 Å². The molecule has 0 amide bonds. The van der Waals surface area contributed by atoms with Crippen LogP contribution >= 0.6 is 0 Å². The largest absolute Gasteiger partial charge is 0.486 e. The third-order valence-corrected chi connectivity index (χ3v) is 9.99. The maximum Gasteiger partial charge on any atom is 0.262 e. The predicted octanol–water partition coefficient (Wildman–Crippen LogP) is 5.98. The van der Waals surface area contributed by atoms with Crippen LogP contribution in [0.5, 0.6) is 11.5 Å². The predicted molar refractivity (Wildman–Crippen MR) is 177 cm³/mol. The Kier molecular flexibility index (Phi) is 7.37. The number of nitrogens with two attached hydrogens (primary N) is 1. The van der Waals surface area contributed by atoms with Crippen molar-refractivity contribution in [1.82, 2.24) is 19.7 Å². The highest BCUT2D eigenvalue weighted by Crippen LogP contribution is 2.40. The number of nitrogens with zero attached hydrogens (tertiary/aromatic N) is 3. The zero-order valence-electron chi connectivity index (χ0n) is 25.5. The highest BCUT2D eigenvalue weighted by atomic mass is 32.2. The van der Waals surface area contributed by atoms with Crippen LogP contribution < -0.4 is 25.2 Å². The van der Waals surface area contributed by atoms with Crippen molar-refractivity contribution in [2.45, 2.75) is 50.0 Å². The van der Waals surface area contributed by atoms with Gasteiger partial charge in [-0.05, 0) is 61.5 Å². The molecule has 10 nitrogen and oxygen atoms in total. The number of nitrogen functional groups attached to an aromatic ring is 1. The molecule has 1 aliphatic carbocycles. The summed E-state index contributed by atoms with van der Waals surface area (Å²) in [5.41, 5.74) is 11.6. The molecule has 5 aromatic rings. The molecule has 1 aliphatic heterocycles. The van der Waals surface area contributed by atoms with E-state index < -0.39 is 10.0 Å². The van der Waals surface area contributed by atoms with Crippen molar-refractivity contribution in [3.63, 3.8) is 0 Å². The van der Waals surface area contributed by atoms with Gasteiger partial charge in [-0.15, -0.1) is 0 Å². The van der Waals surface area contributed by atoms with Gasteiger partial charge in [-0.2, -0.15) is 0 Å². The molecule has 0 bridgehead atoms. The molecule has 45 heavy (non-hydrogen) atoms. The number of imidazole rings is 1. The average molecular weight is 625 g/mol. The maximum atomic E-state index is 13.6.